The van der Waals surface area contributed by atoms with E-state index < -0.39 is 0 Å². The van der Waals surface area contributed by atoms with E-state index in [1.165, 1.54) is 0 Å². The van der Waals surface area contributed by atoms with Crippen LogP contribution in [0.1, 0.15) is 12.0 Å². The Labute approximate surface area is 149 Å². The number of carbonyl (C=O) groups excluding carboxylic acids is 1. The van der Waals surface area contributed by atoms with E-state index in [-0.39, 0.29) is 12.1 Å². The van der Waals surface area contributed by atoms with Gasteiger partial charge in [0.25, 0.3) is 0 Å². The van der Waals surface area contributed by atoms with E-state index in [0.29, 0.717) is 26.1 Å². The molecule has 0 aromatic heterocycles. The first kappa shape index (κ1) is 16.6. The monoisotopic (exact) mass is 390 g/mol. The van der Waals surface area contributed by atoms with Gasteiger partial charge < -0.3 is 20.1 Å². The van der Waals surface area contributed by atoms with Gasteiger partial charge in [0.15, 0.2) is 11.5 Å². The van der Waals surface area contributed by atoms with Crippen molar-refractivity contribution in [2.75, 3.05) is 13.2 Å². The minimum Gasteiger partial charge on any atom is -0.486 e. The van der Waals surface area contributed by atoms with Gasteiger partial charge in [0, 0.05) is 24.0 Å². The lowest BCUT2D eigenvalue weighted by Gasteiger charge is -2.26. The number of amides is 2. The Morgan fingerprint density at radius 2 is 1.83 bits per heavy atom. The van der Waals surface area contributed by atoms with E-state index >= 15 is 0 Å². The van der Waals surface area contributed by atoms with Crippen LogP contribution in [-0.4, -0.2) is 25.3 Å². The normalized spacial score (nSPS) is 15.6. The van der Waals surface area contributed by atoms with Crippen LogP contribution in [0.3, 0.4) is 0 Å². The molecular weight excluding hydrogens is 372 g/mol. The van der Waals surface area contributed by atoms with Gasteiger partial charge in [-0.25, -0.2) is 4.79 Å². The number of rotatable bonds is 5. The van der Waals surface area contributed by atoms with Crippen LogP contribution in [0.5, 0.6) is 11.5 Å². The molecule has 0 radical (unpaired) electrons. The van der Waals surface area contributed by atoms with E-state index in [4.69, 9.17) is 9.47 Å². The largest absolute Gasteiger partial charge is 0.486 e. The second-order valence-electron chi connectivity index (χ2n) is 5.49. The summed E-state index contributed by atoms with van der Waals surface area (Å²) in [5.74, 6) is 1.53. The third-order valence-electron chi connectivity index (χ3n) is 3.72. The first-order valence-corrected chi connectivity index (χ1v) is 8.65. The number of ether oxygens (including phenoxy) is 2. The Hall–Kier alpha value is -2.21. The second-order valence-corrected chi connectivity index (χ2v) is 6.34. The summed E-state index contributed by atoms with van der Waals surface area (Å²) in [5.41, 5.74) is 1.04. The lowest BCUT2D eigenvalue weighted by molar-refractivity contribution is 0.0853. The molecule has 2 aromatic rings. The number of benzene rings is 2. The molecule has 0 aliphatic carbocycles. The molecule has 5 nitrogen and oxygen atoms in total. The Morgan fingerprint density at radius 1 is 1.08 bits per heavy atom. The molecule has 1 unspecified atom stereocenters. The minimum absolute atomic E-state index is 0.0523. The van der Waals surface area contributed by atoms with Gasteiger partial charge in [-0.05, 0) is 23.8 Å². The van der Waals surface area contributed by atoms with E-state index in [0.717, 1.165) is 21.5 Å². The van der Waals surface area contributed by atoms with Gasteiger partial charge in [-0.15, -0.1) is 0 Å². The predicted molar refractivity (Wildman–Crippen MR) is 95.4 cm³/mol. The van der Waals surface area contributed by atoms with Crippen LogP contribution in [0.15, 0.2) is 53.0 Å². The maximum Gasteiger partial charge on any atom is 0.315 e. The highest BCUT2D eigenvalue weighted by Crippen LogP contribution is 2.31. The summed E-state index contributed by atoms with van der Waals surface area (Å²) in [6.45, 7) is 1.50. The predicted octanol–water partition coefficient (Wildman–Crippen LogP) is 3.48. The number of urea groups is 1. The number of fused-ring (bicyclic) bond motifs is 1. The molecule has 1 atom stereocenters. The summed E-state index contributed by atoms with van der Waals surface area (Å²) >= 11 is 3.46. The molecule has 2 N–H and O–H groups in total. The van der Waals surface area contributed by atoms with Crippen LogP contribution >= 0.6 is 15.9 Å². The summed E-state index contributed by atoms with van der Waals surface area (Å²) in [4.78, 5) is 11.9. The molecule has 126 valence electrons. The molecule has 0 saturated carbocycles. The molecule has 3 rings (SSSR count). The molecule has 0 fully saturated rings. The first-order chi connectivity index (χ1) is 11.7. The fraction of sp³-hybridized carbons (Fsp3) is 0.278. The number of nitrogens with one attached hydrogen (secondary N) is 2. The van der Waals surface area contributed by atoms with Gasteiger partial charge in [-0.1, -0.05) is 46.3 Å². The molecule has 2 aromatic carbocycles. The SMILES string of the molecule is O=C(NCCC1COc2ccccc2O1)NCc1ccccc1Br. The summed E-state index contributed by atoms with van der Waals surface area (Å²) in [7, 11) is 0. The standard InChI is InChI=1S/C18H19BrN2O3/c19-15-6-2-1-5-13(15)11-21-18(22)20-10-9-14-12-23-16-7-3-4-8-17(16)24-14/h1-8,14H,9-12H2,(H2,20,21,22). The molecule has 1 aliphatic rings. The molecule has 0 bridgehead atoms. The fourth-order valence-electron chi connectivity index (χ4n) is 2.43. The average molecular weight is 391 g/mol. The maximum absolute atomic E-state index is 11.9. The van der Waals surface area contributed by atoms with E-state index in [2.05, 4.69) is 26.6 Å². The Kier molecular flexibility index (Phi) is 5.59. The zero-order chi connectivity index (χ0) is 16.8. The van der Waals surface area contributed by atoms with Crippen LogP contribution in [0.25, 0.3) is 0 Å². The quantitative estimate of drug-likeness (QED) is 0.821. The molecule has 1 aliphatic heterocycles. The Balaban J connectivity index is 1.38. The molecule has 2 amide bonds. The van der Waals surface area contributed by atoms with Crippen molar-refractivity contribution in [1.82, 2.24) is 10.6 Å². The highest BCUT2D eigenvalue weighted by Gasteiger charge is 2.20. The van der Waals surface area contributed by atoms with Crippen molar-refractivity contribution in [1.29, 1.82) is 0 Å². The van der Waals surface area contributed by atoms with E-state index in [1.54, 1.807) is 0 Å². The Bertz CT molecular complexity index is 708. The summed E-state index contributed by atoms with van der Waals surface area (Å²) in [6.07, 6.45) is 0.639. The van der Waals surface area contributed by atoms with Crippen molar-refractivity contribution >= 4 is 22.0 Å². The highest BCUT2D eigenvalue weighted by molar-refractivity contribution is 9.10. The third-order valence-corrected chi connectivity index (χ3v) is 4.49. The summed E-state index contributed by atoms with van der Waals surface area (Å²) in [6, 6.07) is 15.2. The zero-order valence-electron chi connectivity index (χ0n) is 13.1. The van der Waals surface area contributed by atoms with Gasteiger partial charge in [-0.2, -0.15) is 0 Å². The number of para-hydroxylation sites is 2. The maximum atomic E-state index is 11.9. The van der Waals surface area contributed by atoms with Crippen LogP contribution in [-0.2, 0) is 6.54 Å². The van der Waals surface area contributed by atoms with Crippen molar-refractivity contribution in [3.05, 3.63) is 58.6 Å². The van der Waals surface area contributed by atoms with Crippen LogP contribution < -0.4 is 20.1 Å². The van der Waals surface area contributed by atoms with Crippen LogP contribution in [0.2, 0.25) is 0 Å². The number of carbonyl (C=O) groups is 1. The van der Waals surface area contributed by atoms with Gasteiger partial charge in [0.05, 0.1) is 0 Å². The van der Waals surface area contributed by atoms with Gasteiger partial charge >= 0.3 is 6.03 Å². The number of hydrogen-bond donors (Lipinski definition) is 2. The number of hydrogen-bond acceptors (Lipinski definition) is 3. The molecule has 0 spiro atoms. The summed E-state index contributed by atoms with van der Waals surface area (Å²) < 4.78 is 12.5. The van der Waals surface area contributed by atoms with Crippen LogP contribution in [0.4, 0.5) is 4.79 Å². The van der Waals surface area contributed by atoms with Gasteiger partial charge in [0.2, 0.25) is 0 Å². The number of halogens is 1. The third kappa shape index (κ3) is 4.41. The molecule has 0 saturated heterocycles. The second kappa shape index (κ2) is 8.06. The lowest BCUT2D eigenvalue weighted by atomic mass is 10.2. The molecular formula is C18H19BrN2O3. The van der Waals surface area contributed by atoms with E-state index in [1.807, 2.05) is 48.5 Å². The minimum atomic E-state index is -0.192. The van der Waals surface area contributed by atoms with Crippen molar-refractivity contribution in [3.63, 3.8) is 0 Å². The highest BCUT2D eigenvalue weighted by atomic mass is 79.9. The van der Waals surface area contributed by atoms with Crippen molar-refractivity contribution in [2.45, 2.75) is 19.1 Å². The lowest BCUT2D eigenvalue weighted by Crippen LogP contribution is -2.38. The van der Waals surface area contributed by atoms with E-state index in [9.17, 15) is 4.79 Å². The fourth-order valence-corrected chi connectivity index (χ4v) is 2.86. The first-order valence-electron chi connectivity index (χ1n) is 7.86. The topological polar surface area (TPSA) is 59.6 Å². The molecule has 24 heavy (non-hydrogen) atoms. The van der Waals surface area contributed by atoms with Crippen molar-refractivity contribution < 1.29 is 14.3 Å². The zero-order valence-corrected chi connectivity index (χ0v) is 14.7. The average Bonchev–Trinajstić information content (AvgIpc) is 2.61. The molecule has 6 heteroatoms. The summed E-state index contributed by atoms with van der Waals surface area (Å²) in [5, 5.41) is 5.68. The van der Waals surface area contributed by atoms with Gasteiger partial charge in [-0.3, -0.25) is 0 Å². The van der Waals surface area contributed by atoms with Gasteiger partial charge in [0.1, 0.15) is 12.7 Å². The van der Waals surface area contributed by atoms with Crippen LogP contribution in [0, 0.1) is 0 Å². The smallest absolute Gasteiger partial charge is 0.315 e. The molecule has 1 heterocycles. The van der Waals surface area contributed by atoms with Crippen molar-refractivity contribution in [2.24, 2.45) is 0 Å². The Morgan fingerprint density at radius 3 is 2.67 bits per heavy atom. The van der Waals surface area contributed by atoms with Crippen molar-refractivity contribution in [3.8, 4) is 11.5 Å².